The number of aromatic nitrogens is 2. The van der Waals surface area contributed by atoms with E-state index in [2.05, 4.69) is 15.5 Å². The molecule has 140 valence electrons. The van der Waals surface area contributed by atoms with Crippen LogP contribution in [0.3, 0.4) is 0 Å². The number of carbonyl (C=O) groups is 1. The molecule has 1 aromatic carbocycles. The molecule has 3 rings (SSSR count). The van der Waals surface area contributed by atoms with Crippen LogP contribution in [0.1, 0.15) is 42.5 Å². The Bertz CT molecular complexity index is 802. The summed E-state index contributed by atoms with van der Waals surface area (Å²) in [6, 6.07) is 1.55. The van der Waals surface area contributed by atoms with E-state index >= 15 is 0 Å². The Morgan fingerprint density at radius 1 is 1.38 bits per heavy atom. The summed E-state index contributed by atoms with van der Waals surface area (Å²) >= 11 is 0. The zero-order chi connectivity index (χ0) is 18.9. The van der Waals surface area contributed by atoms with Crippen LogP contribution in [0.4, 0.5) is 28.0 Å². The first kappa shape index (κ1) is 18.2. The molecule has 0 bridgehead atoms. The molecule has 0 radical (unpaired) electrons. The normalized spacial score (nSPS) is 14.8. The van der Waals surface area contributed by atoms with E-state index in [-0.39, 0.29) is 18.2 Å². The number of rotatable bonds is 4. The molecule has 26 heavy (non-hydrogen) atoms. The molecule has 1 aliphatic rings. The van der Waals surface area contributed by atoms with Gasteiger partial charge < -0.3 is 14.7 Å². The molecule has 1 aromatic heterocycles. The van der Waals surface area contributed by atoms with Crippen molar-refractivity contribution in [2.24, 2.45) is 0 Å². The molecule has 1 saturated carbocycles. The van der Waals surface area contributed by atoms with Crippen LogP contribution in [-0.2, 0) is 12.7 Å². The highest BCUT2D eigenvalue weighted by Crippen LogP contribution is 2.35. The third kappa shape index (κ3) is 3.94. The molecule has 2 amide bonds. The summed E-state index contributed by atoms with van der Waals surface area (Å²) in [6.07, 6.45) is -1.68. The monoisotopic (exact) mass is 372 g/mol. The first-order valence-corrected chi connectivity index (χ1v) is 7.95. The lowest BCUT2D eigenvalue weighted by atomic mass is 9.85. The molecule has 0 saturated heterocycles. The second-order valence-electron chi connectivity index (χ2n) is 6.16. The molecule has 0 atom stereocenters. The maximum atomic E-state index is 13.5. The Labute approximate surface area is 146 Å². The Kier molecular flexibility index (Phi) is 4.84. The first-order chi connectivity index (χ1) is 12.2. The molecular weight excluding hydrogens is 356 g/mol. The van der Waals surface area contributed by atoms with Crippen molar-refractivity contribution in [3.8, 4) is 0 Å². The third-order valence-corrected chi connectivity index (χ3v) is 4.19. The van der Waals surface area contributed by atoms with Crippen molar-refractivity contribution in [1.82, 2.24) is 15.0 Å². The standard InChI is InChI=1S/C16H16F4N4O2/c1-24(8-13-22-14(26-23-13)9-3-2-4-9)15(25)21-10-5-6-11(12(17)7-10)16(18,19)20/h5-7,9H,2-4,8H2,1H3,(H,21,25). The number of halogens is 4. The van der Waals surface area contributed by atoms with Gasteiger partial charge in [-0.05, 0) is 31.0 Å². The molecule has 1 aliphatic carbocycles. The predicted molar refractivity (Wildman–Crippen MR) is 82.8 cm³/mol. The van der Waals surface area contributed by atoms with Gasteiger partial charge >= 0.3 is 12.2 Å². The van der Waals surface area contributed by atoms with Gasteiger partial charge in [-0.25, -0.2) is 9.18 Å². The molecule has 1 heterocycles. The SMILES string of the molecule is CN(Cc1noc(C2CCC2)n1)C(=O)Nc1ccc(C(F)(F)F)c(F)c1. The predicted octanol–water partition coefficient (Wildman–Crippen LogP) is 4.16. The van der Waals surface area contributed by atoms with Gasteiger partial charge in [-0.1, -0.05) is 11.6 Å². The number of urea groups is 1. The summed E-state index contributed by atoms with van der Waals surface area (Å²) in [7, 11) is 1.45. The van der Waals surface area contributed by atoms with Crippen LogP contribution < -0.4 is 5.32 Å². The van der Waals surface area contributed by atoms with Crippen LogP contribution in [0, 0.1) is 5.82 Å². The highest BCUT2D eigenvalue weighted by atomic mass is 19.4. The van der Waals surface area contributed by atoms with Gasteiger partial charge in [0, 0.05) is 18.7 Å². The number of nitrogens with zero attached hydrogens (tertiary/aromatic N) is 3. The lowest BCUT2D eigenvalue weighted by Gasteiger charge is -2.20. The van der Waals surface area contributed by atoms with E-state index < -0.39 is 23.6 Å². The van der Waals surface area contributed by atoms with E-state index in [4.69, 9.17) is 4.52 Å². The summed E-state index contributed by atoms with van der Waals surface area (Å²) < 4.78 is 56.3. The molecule has 6 nitrogen and oxygen atoms in total. The number of carbonyl (C=O) groups excluding carboxylic acids is 1. The smallest absolute Gasteiger partial charge is 0.339 e. The van der Waals surface area contributed by atoms with Crippen LogP contribution in [-0.4, -0.2) is 28.1 Å². The van der Waals surface area contributed by atoms with Crippen molar-refractivity contribution in [3.63, 3.8) is 0 Å². The van der Waals surface area contributed by atoms with Gasteiger partial charge in [0.25, 0.3) is 0 Å². The van der Waals surface area contributed by atoms with Crippen molar-refractivity contribution in [3.05, 3.63) is 41.3 Å². The Morgan fingerprint density at radius 2 is 2.12 bits per heavy atom. The van der Waals surface area contributed by atoms with E-state index in [1.165, 1.54) is 11.9 Å². The number of hydrogen-bond donors (Lipinski definition) is 1. The van der Waals surface area contributed by atoms with E-state index in [0.29, 0.717) is 23.8 Å². The fourth-order valence-electron chi connectivity index (χ4n) is 2.48. The minimum atomic E-state index is -4.79. The molecule has 10 heteroatoms. The minimum absolute atomic E-state index is 0.0468. The summed E-state index contributed by atoms with van der Waals surface area (Å²) in [5.74, 6) is -0.320. The highest BCUT2D eigenvalue weighted by molar-refractivity contribution is 5.89. The van der Waals surface area contributed by atoms with Gasteiger partial charge in [0.05, 0.1) is 12.1 Å². The lowest BCUT2D eigenvalue weighted by Crippen LogP contribution is -2.31. The lowest BCUT2D eigenvalue weighted by molar-refractivity contribution is -0.139. The topological polar surface area (TPSA) is 71.3 Å². The third-order valence-electron chi connectivity index (χ3n) is 4.19. The average molecular weight is 372 g/mol. The van der Waals surface area contributed by atoms with Gasteiger partial charge in [0.1, 0.15) is 5.82 Å². The number of amides is 2. The first-order valence-electron chi connectivity index (χ1n) is 7.95. The van der Waals surface area contributed by atoms with Crippen LogP contribution in [0.5, 0.6) is 0 Å². The summed E-state index contributed by atoms with van der Waals surface area (Å²) in [5, 5.41) is 6.14. The van der Waals surface area contributed by atoms with E-state index in [9.17, 15) is 22.4 Å². The molecule has 0 unspecified atom stereocenters. The van der Waals surface area contributed by atoms with Gasteiger partial charge in [-0.2, -0.15) is 18.2 Å². The largest absolute Gasteiger partial charge is 0.419 e. The minimum Gasteiger partial charge on any atom is -0.339 e. The maximum absolute atomic E-state index is 13.5. The van der Waals surface area contributed by atoms with Crippen LogP contribution >= 0.6 is 0 Å². The second-order valence-corrected chi connectivity index (χ2v) is 6.16. The quantitative estimate of drug-likeness (QED) is 0.818. The number of benzene rings is 1. The van der Waals surface area contributed by atoms with Gasteiger partial charge in [0.15, 0.2) is 5.82 Å². The Hall–Kier alpha value is -2.65. The van der Waals surface area contributed by atoms with Crippen LogP contribution in [0.25, 0.3) is 0 Å². The number of nitrogens with one attached hydrogen (secondary N) is 1. The molecular formula is C16H16F4N4O2. The molecule has 0 aliphatic heterocycles. The summed E-state index contributed by atoms with van der Waals surface area (Å²) in [5.41, 5.74) is -1.48. The molecule has 1 fully saturated rings. The van der Waals surface area contributed by atoms with Gasteiger partial charge in [-0.3, -0.25) is 0 Å². The zero-order valence-electron chi connectivity index (χ0n) is 13.8. The number of alkyl halides is 3. The van der Waals surface area contributed by atoms with Gasteiger partial charge in [-0.15, -0.1) is 0 Å². The number of hydrogen-bond acceptors (Lipinski definition) is 4. The van der Waals surface area contributed by atoms with Gasteiger partial charge in [0.2, 0.25) is 5.89 Å². The number of anilines is 1. The fraction of sp³-hybridized carbons (Fsp3) is 0.438. The second kappa shape index (κ2) is 6.93. The van der Waals surface area contributed by atoms with Crippen molar-refractivity contribution < 1.29 is 26.9 Å². The molecule has 1 N–H and O–H groups in total. The van der Waals surface area contributed by atoms with E-state index in [0.717, 1.165) is 25.3 Å². The fourth-order valence-corrected chi connectivity index (χ4v) is 2.48. The van der Waals surface area contributed by atoms with E-state index in [1.807, 2.05) is 0 Å². The van der Waals surface area contributed by atoms with Crippen molar-refractivity contribution >= 4 is 11.7 Å². The Morgan fingerprint density at radius 3 is 2.69 bits per heavy atom. The van der Waals surface area contributed by atoms with Crippen molar-refractivity contribution in [1.29, 1.82) is 0 Å². The van der Waals surface area contributed by atoms with Crippen LogP contribution in [0.2, 0.25) is 0 Å². The summed E-state index contributed by atoms with van der Waals surface area (Å²) in [4.78, 5) is 17.5. The van der Waals surface area contributed by atoms with Crippen molar-refractivity contribution in [2.45, 2.75) is 37.9 Å². The van der Waals surface area contributed by atoms with E-state index in [1.54, 1.807) is 0 Å². The highest BCUT2D eigenvalue weighted by Gasteiger charge is 2.34. The van der Waals surface area contributed by atoms with Crippen LogP contribution in [0.15, 0.2) is 22.7 Å². The summed E-state index contributed by atoms with van der Waals surface area (Å²) in [6.45, 7) is 0.0468. The maximum Gasteiger partial charge on any atom is 0.419 e. The molecule has 0 spiro atoms. The molecule has 2 aromatic rings. The van der Waals surface area contributed by atoms with Crippen molar-refractivity contribution in [2.75, 3.05) is 12.4 Å². The average Bonchev–Trinajstić information content (AvgIpc) is 2.92. The Balaban J connectivity index is 1.60. The zero-order valence-corrected chi connectivity index (χ0v) is 13.8.